The van der Waals surface area contributed by atoms with E-state index in [0.717, 1.165) is 0 Å². The van der Waals surface area contributed by atoms with E-state index in [9.17, 15) is 9.59 Å². The van der Waals surface area contributed by atoms with E-state index in [1.54, 1.807) is 18.2 Å². The third-order valence-corrected chi connectivity index (χ3v) is 3.76. The number of tetrazole rings is 1. The van der Waals surface area contributed by atoms with Crippen molar-refractivity contribution in [3.63, 3.8) is 0 Å². The molecule has 2 amide bonds. The van der Waals surface area contributed by atoms with Gasteiger partial charge in [-0.1, -0.05) is 26.5 Å². The molecule has 1 atom stereocenters. The van der Waals surface area contributed by atoms with Gasteiger partial charge in [-0.15, -0.1) is 10.2 Å². The number of benzene rings is 1. The third kappa shape index (κ3) is 5.03. The predicted octanol–water partition coefficient (Wildman–Crippen LogP) is 2.14. The summed E-state index contributed by atoms with van der Waals surface area (Å²) < 4.78 is 5.32. The number of nitrogens with one attached hydrogen (secondary N) is 3. The van der Waals surface area contributed by atoms with Gasteiger partial charge in [0.15, 0.2) is 0 Å². The molecular formula is C17H22N6O4. The van der Waals surface area contributed by atoms with Crippen LogP contribution in [0.2, 0.25) is 0 Å². The van der Waals surface area contributed by atoms with E-state index < -0.39 is 18.0 Å². The molecule has 0 aliphatic rings. The number of H-pyrrole nitrogens is 1. The lowest BCUT2D eigenvalue weighted by atomic mass is 10.0. The van der Waals surface area contributed by atoms with E-state index in [2.05, 4.69) is 37.8 Å². The van der Waals surface area contributed by atoms with Crippen LogP contribution in [0.4, 0.5) is 10.5 Å². The number of carbonyl (C=O) groups excluding carboxylic acids is 1. The number of carboxylic acid groups (broad SMARTS) is 1. The Labute approximate surface area is 156 Å². The second kappa shape index (κ2) is 8.79. The first kappa shape index (κ1) is 19.9. The molecule has 1 unspecified atom stereocenters. The van der Waals surface area contributed by atoms with E-state index in [-0.39, 0.29) is 11.7 Å². The van der Waals surface area contributed by atoms with Crippen molar-refractivity contribution in [2.45, 2.75) is 26.3 Å². The lowest BCUT2D eigenvalue weighted by molar-refractivity contribution is -0.118. The highest BCUT2D eigenvalue weighted by atomic mass is 16.5. The Kier molecular flexibility index (Phi) is 6.47. The molecule has 0 spiro atoms. The average molecular weight is 374 g/mol. The van der Waals surface area contributed by atoms with Crippen molar-refractivity contribution in [1.82, 2.24) is 25.9 Å². The molecule has 144 valence electrons. The summed E-state index contributed by atoms with van der Waals surface area (Å²) in [7, 11) is 1.50. The summed E-state index contributed by atoms with van der Waals surface area (Å²) in [5.41, 5.74) is 1.54. The first-order valence-corrected chi connectivity index (χ1v) is 8.24. The second-order valence-corrected chi connectivity index (χ2v) is 6.20. The number of anilines is 1. The molecule has 0 saturated heterocycles. The van der Waals surface area contributed by atoms with Crippen LogP contribution in [-0.4, -0.2) is 50.9 Å². The van der Waals surface area contributed by atoms with Gasteiger partial charge in [-0.05, 0) is 23.6 Å². The molecule has 1 heterocycles. The van der Waals surface area contributed by atoms with E-state index in [1.807, 2.05) is 13.8 Å². The molecule has 2 aromatic rings. The highest BCUT2D eigenvalue weighted by Crippen LogP contribution is 2.33. The minimum absolute atomic E-state index is 0.113. The first-order valence-electron chi connectivity index (χ1n) is 8.24. The molecule has 1 aromatic heterocycles. The summed E-state index contributed by atoms with van der Waals surface area (Å²) in [4.78, 5) is 23.7. The summed E-state index contributed by atoms with van der Waals surface area (Å²) in [5.74, 6) is 0.369. The topological polar surface area (TPSA) is 142 Å². The van der Waals surface area contributed by atoms with E-state index in [0.29, 0.717) is 29.0 Å². The maximum absolute atomic E-state index is 12.7. The Bertz CT molecular complexity index is 819. The molecule has 10 nitrogen and oxygen atoms in total. The Morgan fingerprint density at radius 3 is 2.67 bits per heavy atom. The van der Waals surface area contributed by atoms with Crippen LogP contribution in [-0.2, 0) is 4.79 Å². The standard InChI is InChI=1S/C17H22N6O4/c1-5-10-7-11(15-20-22-23-21-15)12(8-14(10)27-4)18-16(24)13(6-9(2)3)19-17(25)26/h5,7-9,13,19H,1,6H2,2-4H3,(H,18,24)(H,25,26)(H,20,21,22,23). The molecule has 0 aliphatic heterocycles. The number of hydrogen-bond donors (Lipinski definition) is 4. The molecule has 0 fully saturated rings. The maximum Gasteiger partial charge on any atom is 0.405 e. The lowest BCUT2D eigenvalue weighted by Crippen LogP contribution is -2.44. The van der Waals surface area contributed by atoms with Gasteiger partial charge in [0, 0.05) is 17.2 Å². The van der Waals surface area contributed by atoms with Crippen molar-refractivity contribution in [2.75, 3.05) is 12.4 Å². The molecule has 2 rings (SSSR count). The Balaban J connectivity index is 2.41. The quantitative estimate of drug-likeness (QED) is 0.554. The lowest BCUT2D eigenvalue weighted by Gasteiger charge is -2.20. The van der Waals surface area contributed by atoms with Crippen LogP contribution in [0.3, 0.4) is 0 Å². The Morgan fingerprint density at radius 1 is 1.41 bits per heavy atom. The summed E-state index contributed by atoms with van der Waals surface area (Å²) in [5, 5.41) is 27.8. The van der Waals surface area contributed by atoms with Crippen molar-refractivity contribution in [2.24, 2.45) is 5.92 Å². The fourth-order valence-corrected chi connectivity index (χ4v) is 2.57. The molecule has 0 saturated carbocycles. The van der Waals surface area contributed by atoms with E-state index in [4.69, 9.17) is 9.84 Å². The highest BCUT2D eigenvalue weighted by molar-refractivity contribution is 5.99. The number of rotatable bonds is 8. The van der Waals surface area contributed by atoms with Gasteiger partial charge in [0.1, 0.15) is 11.8 Å². The van der Waals surface area contributed by atoms with Crippen molar-refractivity contribution in [3.8, 4) is 17.1 Å². The molecule has 27 heavy (non-hydrogen) atoms. The Morgan fingerprint density at radius 2 is 2.15 bits per heavy atom. The van der Waals surface area contributed by atoms with Gasteiger partial charge in [-0.25, -0.2) is 4.79 Å². The highest BCUT2D eigenvalue weighted by Gasteiger charge is 2.24. The summed E-state index contributed by atoms with van der Waals surface area (Å²) >= 11 is 0. The van der Waals surface area contributed by atoms with Crippen LogP contribution < -0.4 is 15.4 Å². The molecule has 0 bridgehead atoms. The predicted molar refractivity (Wildman–Crippen MR) is 99.3 cm³/mol. The van der Waals surface area contributed by atoms with Crippen LogP contribution in [0.15, 0.2) is 18.7 Å². The molecule has 4 N–H and O–H groups in total. The van der Waals surface area contributed by atoms with Crippen LogP contribution in [0, 0.1) is 5.92 Å². The number of aromatic amines is 1. The van der Waals surface area contributed by atoms with Gasteiger partial charge in [-0.3, -0.25) is 4.79 Å². The number of nitrogens with zero attached hydrogens (tertiary/aromatic N) is 3. The largest absolute Gasteiger partial charge is 0.496 e. The Hall–Kier alpha value is -3.43. The fraction of sp³-hybridized carbons (Fsp3) is 0.353. The maximum atomic E-state index is 12.7. The zero-order valence-corrected chi connectivity index (χ0v) is 15.3. The van der Waals surface area contributed by atoms with Crippen LogP contribution in [0.25, 0.3) is 17.5 Å². The smallest absolute Gasteiger partial charge is 0.405 e. The minimum atomic E-state index is -1.27. The zero-order valence-electron chi connectivity index (χ0n) is 15.3. The zero-order chi connectivity index (χ0) is 20.0. The average Bonchev–Trinajstić information content (AvgIpc) is 3.14. The van der Waals surface area contributed by atoms with Crippen molar-refractivity contribution < 1.29 is 19.4 Å². The van der Waals surface area contributed by atoms with Crippen LogP contribution in [0.1, 0.15) is 25.8 Å². The van der Waals surface area contributed by atoms with Gasteiger partial charge < -0.3 is 20.5 Å². The third-order valence-electron chi connectivity index (χ3n) is 3.76. The first-order chi connectivity index (χ1) is 12.8. The monoisotopic (exact) mass is 374 g/mol. The van der Waals surface area contributed by atoms with Gasteiger partial charge in [0.25, 0.3) is 0 Å². The van der Waals surface area contributed by atoms with Gasteiger partial charge in [0.2, 0.25) is 11.7 Å². The van der Waals surface area contributed by atoms with E-state index >= 15 is 0 Å². The summed E-state index contributed by atoms with van der Waals surface area (Å²) in [6, 6.07) is 2.40. The van der Waals surface area contributed by atoms with Crippen molar-refractivity contribution >= 4 is 23.8 Å². The molecule has 0 radical (unpaired) electrons. The molecule has 10 heteroatoms. The number of aromatic nitrogens is 4. The van der Waals surface area contributed by atoms with Crippen molar-refractivity contribution in [1.29, 1.82) is 0 Å². The summed E-state index contributed by atoms with van der Waals surface area (Å²) in [6.45, 7) is 7.54. The number of ether oxygens (including phenoxy) is 1. The number of hydrogen-bond acceptors (Lipinski definition) is 6. The minimum Gasteiger partial charge on any atom is -0.496 e. The normalized spacial score (nSPS) is 11.7. The van der Waals surface area contributed by atoms with Crippen molar-refractivity contribution in [3.05, 3.63) is 24.3 Å². The second-order valence-electron chi connectivity index (χ2n) is 6.20. The molecule has 1 aromatic carbocycles. The fourth-order valence-electron chi connectivity index (χ4n) is 2.57. The number of methoxy groups -OCH3 is 1. The summed E-state index contributed by atoms with van der Waals surface area (Å²) in [6.07, 6.45) is 0.674. The van der Waals surface area contributed by atoms with E-state index in [1.165, 1.54) is 7.11 Å². The van der Waals surface area contributed by atoms with Crippen LogP contribution in [0.5, 0.6) is 5.75 Å². The van der Waals surface area contributed by atoms with Gasteiger partial charge in [-0.2, -0.15) is 5.21 Å². The number of amides is 2. The van der Waals surface area contributed by atoms with Gasteiger partial charge >= 0.3 is 6.09 Å². The SMILES string of the molecule is C=Cc1cc(-c2nn[nH]n2)c(NC(=O)C(CC(C)C)NC(=O)O)cc1OC. The van der Waals surface area contributed by atoms with Crippen LogP contribution >= 0.6 is 0 Å². The number of carbonyl (C=O) groups is 2. The molecular weight excluding hydrogens is 352 g/mol. The molecule has 0 aliphatic carbocycles. The van der Waals surface area contributed by atoms with Gasteiger partial charge in [0.05, 0.1) is 12.8 Å².